The van der Waals surface area contributed by atoms with Crippen LogP contribution in [0.25, 0.3) is 0 Å². The lowest BCUT2D eigenvalue weighted by molar-refractivity contribution is 0.217. The zero-order valence-corrected chi connectivity index (χ0v) is 10.7. The fraction of sp³-hybridized carbons (Fsp3) is 0.267. The summed E-state index contributed by atoms with van der Waals surface area (Å²) in [4.78, 5) is 4.32. The molecule has 0 spiro atoms. The monoisotopic (exact) mass is 245 g/mol. The van der Waals surface area contributed by atoms with Crippen molar-refractivity contribution in [2.24, 2.45) is 0 Å². The maximum Gasteiger partial charge on any atom is 0.123 e. The molecule has 0 saturated carbocycles. The van der Waals surface area contributed by atoms with Crippen LogP contribution in [0.4, 0.5) is 4.39 Å². The van der Waals surface area contributed by atoms with Gasteiger partial charge in [-0.15, -0.1) is 0 Å². The van der Waals surface area contributed by atoms with Gasteiger partial charge in [0.15, 0.2) is 0 Å². The van der Waals surface area contributed by atoms with E-state index in [1.807, 2.05) is 32.9 Å². The van der Waals surface area contributed by atoms with E-state index >= 15 is 0 Å². The molecular formula is C15H16FNO. The van der Waals surface area contributed by atoms with Crippen LogP contribution in [0.1, 0.15) is 34.2 Å². The number of aliphatic hydroxyl groups is 1. The van der Waals surface area contributed by atoms with Gasteiger partial charge in [-0.3, -0.25) is 4.98 Å². The first kappa shape index (κ1) is 12.7. The van der Waals surface area contributed by atoms with Crippen molar-refractivity contribution in [3.8, 4) is 0 Å². The summed E-state index contributed by atoms with van der Waals surface area (Å²) in [6.07, 6.45) is -0.839. The van der Waals surface area contributed by atoms with Crippen LogP contribution in [0.15, 0.2) is 30.3 Å². The quantitative estimate of drug-likeness (QED) is 0.881. The van der Waals surface area contributed by atoms with Crippen LogP contribution >= 0.6 is 0 Å². The highest BCUT2D eigenvalue weighted by molar-refractivity contribution is 5.37. The van der Waals surface area contributed by atoms with Gasteiger partial charge in [0.25, 0.3) is 0 Å². The molecule has 0 saturated heterocycles. The molecule has 0 amide bonds. The number of halogens is 1. The third kappa shape index (κ3) is 2.41. The molecular weight excluding hydrogens is 229 g/mol. The summed E-state index contributed by atoms with van der Waals surface area (Å²) in [6, 6.07) is 8.13. The molecule has 0 fully saturated rings. The van der Waals surface area contributed by atoms with Crippen LogP contribution in [0.3, 0.4) is 0 Å². The van der Waals surface area contributed by atoms with Gasteiger partial charge >= 0.3 is 0 Å². The lowest BCUT2D eigenvalue weighted by Crippen LogP contribution is -2.06. The molecule has 2 aromatic rings. The number of hydrogen-bond acceptors (Lipinski definition) is 2. The van der Waals surface area contributed by atoms with Crippen LogP contribution in [0, 0.1) is 26.6 Å². The molecule has 2 rings (SSSR count). The van der Waals surface area contributed by atoms with Crippen LogP contribution in [0.2, 0.25) is 0 Å². The number of aryl methyl sites for hydroxylation is 3. The summed E-state index contributed by atoms with van der Waals surface area (Å²) < 4.78 is 13.3. The molecule has 0 radical (unpaired) electrons. The van der Waals surface area contributed by atoms with Crippen LogP contribution < -0.4 is 0 Å². The molecule has 1 atom stereocenters. The van der Waals surface area contributed by atoms with Gasteiger partial charge in [0.1, 0.15) is 11.9 Å². The molecule has 94 valence electrons. The highest BCUT2D eigenvalue weighted by Crippen LogP contribution is 2.27. The highest BCUT2D eigenvalue weighted by atomic mass is 19.1. The van der Waals surface area contributed by atoms with Crippen molar-refractivity contribution >= 4 is 0 Å². The topological polar surface area (TPSA) is 33.1 Å². The summed E-state index contributed by atoms with van der Waals surface area (Å²) >= 11 is 0. The molecule has 0 aliphatic carbocycles. The van der Waals surface area contributed by atoms with Gasteiger partial charge in [-0.2, -0.15) is 0 Å². The van der Waals surface area contributed by atoms with E-state index in [-0.39, 0.29) is 5.82 Å². The fourth-order valence-corrected chi connectivity index (χ4v) is 2.06. The lowest BCUT2D eigenvalue weighted by Gasteiger charge is -2.16. The number of benzene rings is 1. The van der Waals surface area contributed by atoms with Gasteiger partial charge in [-0.25, -0.2) is 4.39 Å². The first-order valence-corrected chi connectivity index (χ1v) is 5.87. The summed E-state index contributed by atoms with van der Waals surface area (Å²) in [5, 5.41) is 10.4. The molecule has 18 heavy (non-hydrogen) atoms. The summed E-state index contributed by atoms with van der Waals surface area (Å²) in [5.74, 6) is -0.340. The van der Waals surface area contributed by atoms with Crippen LogP contribution in [0.5, 0.6) is 0 Å². The van der Waals surface area contributed by atoms with Gasteiger partial charge in [0.05, 0.1) is 0 Å². The Morgan fingerprint density at radius 1 is 1.06 bits per heavy atom. The van der Waals surface area contributed by atoms with E-state index in [1.54, 1.807) is 6.07 Å². The summed E-state index contributed by atoms with van der Waals surface area (Å²) in [5.41, 5.74) is 3.84. The molecule has 1 heterocycles. The van der Waals surface area contributed by atoms with Crippen molar-refractivity contribution in [3.63, 3.8) is 0 Å². The zero-order chi connectivity index (χ0) is 13.3. The largest absolute Gasteiger partial charge is 0.384 e. The number of aromatic nitrogens is 1. The number of rotatable bonds is 2. The first-order valence-electron chi connectivity index (χ1n) is 5.87. The molecule has 0 bridgehead atoms. The first-order chi connectivity index (χ1) is 8.49. The molecule has 1 aromatic carbocycles. The van der Waals surface area contributed by atoms with Crippen molar-refractivity contribution < 1.29 is 9.50 Å². The van der Waals surface area contributed by atoms with Gasteiger partial charge in [-0.1, -0.05) is 12.1 Å². The SMILES string of the molecule is Cc1ccc(C(O)c2cc(F)ccc2C)c(C)n1. The van der Waals surface area contributed by atoms with E-state index in [2.05, 4.69) is 4.98 Å². The fourth-order valence-electron chi connectivity index (χ4n) is 2.06. The number of hydrogen-bond donors (Lipinski definition) is 1. The maximum absolute atomic E-state index is 13.3. The molecule has 0 aliphatic heterocycles. The molecule has 0 aliphatic rings. The average molecular weight is 245 g/mol. The van der Waals surface area contributed by atoms with Gasteiger partial charge in [-0.05, 0) is 50.1 Å². The summed E-state index contributed by atoms with van der Waals surface area (Å²) in [7, 11) is 0. The Balaban J connectivity index is 2.47. The van der Waals surface area contributed by atoms with Gasteiger partial charge < -0.3 is 5.11 Å². The second-order valence-corrected chi connectivity index (χ2v) is 4.53. The van der Waals surface area contributed by atoms with E-state index < -0.39 is 6.10 Å². The van der Waals surface area contributed by atoms with Crippen molar-refractivity contribution in [1.82, 2.24) is 4.98 Å². The molecule has 1 N–H and O–H groups in total. The predicted molar refractivity (Wildman–Crippen MR) is 68.9 cm³/mol. The molecule has 3 heteroatoms. The Hall–Kier alpha value is -1.74. The third-order valence-corrected chi connectivity index (χ3v) is 3.10. The van der Waals surface area contributed by atoms with E-state index in [9.17, 15) is 9.50 Å². The summed E-state index contributed by atoms with van der Waals surface area (Å²) in [6.45, 7) is 5.60. The van der Waals surface area contributed by atoms with E-state index in [1.165, 1.54) is 12.1 Å². The number of aliphatic hydroxyl groups excluding tert-OH is 1. The Kier molecular flexibility index (Phi) is 3.43. The Morgan fingerprint density at radius 3 is 2.44 bits per heavy atom. The minimum Gasteiger partial charge on any atom is -0.384 e. The molecule has 2 nitrogen and oxygen atoms in total. The van der Waals surface area contributed by atoms with Crippen LogP contribution in [-0.2, 0) is 0 Å². The smallest absolute Gasteiger partial charge is 0.123 e. The maximum atomic E-state index is 13.3. The number of pyridine rings is 1. The minimum atomic E-state index is -0.839. The second kappa shape index (κ2) is 4.86. The van der Waals surface area contributed by atoms with Crippen molar-refractivity contribution in [2.45, 2.75) is 26.9 Å². The molecule has 1 unspecified atom stereocenters. The highest BCUT2D eigenvalue weighted by Gasteiger charge is 2.16. The normalized spacial score (nSPS) is 12.5. The standard InChI is InChI=1S/C15H16FNO/c1-9-4-6-12(16)8-14(9)15(18)13-7-5-10(2)17-11(13)3/h4-8,15,18H,1-3H3. The third-order valence-electron chi connectivity index (χ3n) is 3.10. The predicted octanol–water partition coefficient (Wildman–Crippen LogP) is 3.23. The van der Waals surface area contributed by atoms with Crippen molar-refractivity contribution in [2.75, 3.05) is 0 Å². The lowest BCUT2D eigenvalue weighted by atomic mass is 9.96. The van der Waals surface area contributed by atoms with Crippen molar-refractivity contribution in [3.05, 3.63) is 64.2 Å². The van der Waals surface area contributed by atoms with Gasteiger partial charge in [0, 0.05) is 17.0 Å². The van der Waals surface area contributed by atoms with Crippen molar-refractivity contribution in [1.29, 1.82) is 0 Å². The second-order valence-electron chi connectivity index (χ2n) is 4.53. The van der Waals surface area contributed by atoms with E-state index in [0.717, 1.165) is 17.0 Å². The van der Waals surface area contributed by atoms with Gasteiger partial charge in [0.2, 0.25) is 0 Å². The Morgan fingerprint density at radius 2 is 1.78 bits per heavy atom. The van der Waals surface area contributed by atoms with E-state index in [0.29, 0.717) is 11.1 Å². The Bertz CT molecular complexity index is 581. The number of nitrogens with zero attached hydrogens (tertiary/aromatic N) is 1. The van der Waals surface area contributed by atoms with Crippen LogP contribution in [-0.4, -0.2) is 10.1 Å². The average Bonchev–Trinajstić information content (AvgIpc) is 2.31. The Labute approximate surface area is 106 Å². The minimum absolute atomic E-state index is 0.340. The van der Waals surface area contributed by atoms with E-state index in [4.69, 9.17) is 0 Å². The molecule has 1 aromatic heterocycles. The zero-order valence-electron chi connectivity index (χ0n) is 10.7.